The van der Waals surface area contributed by atoms with Crippen LogP contribution in [0.3, 0.4) is 0 Å². The smallest absolute Gasteiger partial charge is 0.163 e. The Labute approximate surface area is 107 Å². The van der Waals surface area contributed by atoms with E-state index >= 15 is 0 Å². The van der Waals surface area contributed by atoms with Gasteiger partial charge in [0.2, 0.25) is 0 Å². The van der Waals surface area contributed by atoms with Gasteiger partial charge in [-0.2, -0.15) is 5.26 Å². The van der Waals surface area contributed by atoms with E-state index in [0.717, 1.165) is 17.9 Å². The topological polar surface area (TPSA) is 71.5 Å². The predicted octanol–water partition coefficient (Wildman–Crippen LogP) is 1.39. The van der Waals surface area contributed by atoms with Gasteiger partial charge in [-0.3, -0.25) is 0 Å². The van der Waals surface area contributed by atoms with Crippen LogP contribution in [-0.4, -0.2) is 31.7 Å². The SMILES string of the molecule is CN(CCC#N)Cc1cc2c(cc1N)OCCO2. The number of ether oxygens (including phenoxy) is 2. The molecule has 0 amide bonds. The molecule has 0 aromatic heterocycles. The second-order valence-corrected chi connectivity index (χ2v) is 4.34. The number of anilines is 1. The molecule has 1 aromatic rings. The van der Waals surface area contributed by atoms with E-state index in [1.807, 2.05) is 19.2 Å². The van der Waals surface area contributed by atoms with Crippen molar-refractivity contribution in [2.45, 2.75) is 13.0 Å². The Balaban J connectivity index is 2.11. The van der Waals surface area contributed by atoms with Crippen LogP contribution in [0.5, 0.6) is 11.5 Å². The summed E-state index contributed by atoms with van der Waals surface area (Å²) >= 11 is 0. The number of fused-ring (bicyclic) bond motifs is 1. The van der Waals surface area contributed by atoms with Gasteiger partial charge < -0.3 is 20.1 Å². The maximum absolute atomic E-state index is 8.56. The second kappa shape index (κ2) is 5.61. The van der Waals surface area contributed by atoms with Crippen molar-refractivity contribution >= 4 is 5.69 Å². The van der Waals surface area contributed by atoms with Crippen molar-refractivity contribution in [1.29, 1.82) is 5.26 Å². The van der Waals surface area contributed by atoms with Crippen molar-refractivity contribution in [3.8, 4) is 17.6 Å². The highest BCUT2D eigenvalue weighted by atomic mass is 16.6. The number of benzene rings is 1. The first-order chi connectivity index (χ1) is 8.70. The Kier molecular flexibility index (Phi) is 3.90. The Hall–Kier alpha value is -1.93. The summed E-state index contributed by atoms with van der Waals surface area (Å²) in [5, 5.41) is 8.56. The van der Waals surface area contributed by atoms with Gasteiger partial charge in [-0.15, -0.1) is 0 Å². The van der Waals surface area contributed by atoms with Crippen molar-refractivity contribution in [2.75, 3.05) is 32.5 Å². The van der Waals surface area contributed by atoms with E-state index in [4.69, 9.17) is 20.5 Å². The van der Waals surface area contributed by atoms with Crippen molar-refractivity contribution in [3.63, 3.8) is 0 Å². The average molecular weight is 247 g/mol. The molecule has 0 unspecified atom stereocenters. The summed E-state index contributed by atoms with van der Waals surface area (Å²) in [6, 6.07) is 5.86. The summed E-state index contributed by atoms with van der Waals surface area (Å²) < 4.78 is 11.0. The number of nitrogen functional groups attached to an aromatic ring is 1. The summed E-state index contributed by atoms with van der Waals surface area (Å²) in [4.78, 5) is 2.06. The van der Waals surface area contributed by atoms with Gasteiger partial charge in [0.25, 0.3) is 0 Å². The minimum absolute atomic E-state index is 0.515. The molecule has 18 heavy (non-hydrogen) atoms. The molecule has 0 radical (unpaired) electrons. The molecule has 5 heteroatoms. The molecule has 0 atom stereocenters. The Morgan fingerprint density at radius 1 is 1.33 bits per heavy atom. The van der Waals surface area contributed by atoms with Gasteiger partial charge in [0.15, 0.2) is 11.5 Å². The lowest BCUT2D eigenvalue weighted by Gasteiger charge is -2.22. The van der Waals surface area contributed by atoms with Crippen LogP contribution in [-0.2, 0) is 6.54 Å². The minimum atomic E-state index is 0.515. The lowest BCUT2D eigenvalue weighted by Crippen LogP contribution is -2.20. The molecule has 1 aromatic carbocycles. The van der Waals surface area contributed by atoms with Crippen LogP contribution in [0.4, 0.5) is 5.69 Å². The van der Waals surface area contributed by atoms with Gasteiger partial charge in [0, 0.05) is 31.3 Å². The molecule has 2 rings (SSSR count). The zero-order chi connectivity index (χ0) is 13.0. The third-order valence-corrected chi connectivity index (χ3v) is 2.85. The maximum Gasteiger partial charge on any atom is 0.163 e. The third kappa shape index (κ3) is 2.84. The fraction of sp³-hybridized carbons (Fsp3) is 0.462. The predicted molar refractivity (Wildman–Crippen MR) is 68.4 cm³/mol. The standard InChI is InChI=1S/C13H17N3O2/c1-16(4-2-3-14)9-10-7-12-13(8-11(10)15)18-6-5-17-12/h7-8H,2,4-6,9,15H2,1H3. The van der Waals surface area contributed by atoms with E-state index < -0.39 is 0 Å². The van der Waals surface area contributed by atoms with E-state index in [1.165, 1.54) is 0 Å². The molecule has 0 fully saturated rings. The highest BCUT2D eigenvalue weighted by Crippen LogP contribution is 2.34. The molecular weight excluding hydrogens is 230 g/mol. The van der Waals surface area contributed by atoms with Gasteiger partial charge >= 0.3 is 0 Å². The van der Waals surface area contributed by atoms with Crippen LogP contribution < -0.4 is 15.2 Å². The number of rotatable bonds is 4. The van der Waals surface area contributed by atoms with E-state index in [2.05, 4.69) is 11.0 Å². The molecule has 0 spiro atoms. The van der Waals surface area contributed by atoms with Crippen LogP contribution in [0, 0.1) is 11.3 Å². The largest absolute Gasteiger partial charge is 0.486 e. The van der Waals surface area contributed by atoms with Crippen molar-refractivity contribution < 1.29 is 9.47 Å². The zero-order valence-electron chi connectivity index (χ0n) is 10.5. The Morgan fingerprint density at radius 3 is 2.67 bits per heavy atom. The molecule has 1 heterocycles. The summed E-state index contributed by atoms with van der Waals surface area (Å²) in [5.41, 5.74) is 7.69. The van der Waals surface area contributed by atoms with Crippen LogP contribution >= 0.6 is 0 Å². The van der Waals surface area contributed by atoms with Crippen LogP contribution in [0.25, 0.3) is 0 Å². The highest BCUT2D eigenvalue weighted by molar-refractivity contribution is 5.58. The molecule has 0 saturated heterocycles. The van der Waals surface area contributed by atoms with Crippen molar-refractivity contribution in [1.82, 2.24) is 4.90 Å². The van der Waals surface area contributed by atoms with Gasteiger partial charge in [0.1, 0.15) is 13.2 Å². The lowest BCUT2D eigenvalue weighted by atomic mass is 10.1. The first-order valence-corrected chi connectivity index (χ1v) is 5.94. The normalized spacial score (nSPS) is 13.4. The summed E-state index contributed by atoms with van der Waals surface area (Å²) in [7, 11) is 1.97. The molecule has 0 aliphatic carbocycles. The van der Waals surface area contributed by atoms with Gasteiger partial charge in [-0.05, 0) is 18.7 Å². The quantitative estimate of drug-likeness (QED) is 0.814. The summed E-state index contributed by atoms with van der Waals surface area (Å²) in [5.74, 6) is 1.46. The molecular formula is C13H17N3O2. The Morgan fingerprint density at radius 2 is 2.00 bits per heavy atom. The molecule has 1 aliphatic rings. The summed E-state index contributed by atoms with van der Waals surface area (Å²) in [6.45, 7) is 2.56. The zero-order valence-corrected chi connectivity index (χ0v) is 10.5. The van der Waals surface area contributed by atoms with E-state index in [0.29, 0.717) is 37.6 Å². The number of hydrogen-bond donors (Lipinski definition) is 1. The van der Waals surface area contributed by atoms with Crippen LogP contribution in [0.15, 0.2) is 12.1 Å². The lowest BCUT2D eigenvalue weighted by molar-refractivity contribution is 0.171. The number of hydrogen-bond acceptors (Lipinski definition) is 5. The second-order valence-electron chi connectivity index (χ2n) is 4.34. The van der Waals surface area contributed by atoms with Gasteiger partial charge in [0.05, 0.1) is 6.07 Å². The van der Waals surface area contributed by atoms with Gasteiger partial charge in [-0.25, -0.2) is 0 Å². The highest BCUT2D eigenvalue weighted by Gasteiger charge is 2.15. The maximum atomic E-state index is 8.56. The van der Waals surface area contributed by atoms with Crippen molar-refractivity contribution in [3.05, 3.63) is 17.7 Å². The molecule has 2 N–H and O–H groups in total. The van der Waals surface area contributed by atoms with Crippen LogP contribution in [0.1, 0.15) is 12.0 Å². The Bertz CT molecular complexity index is 468. The first kappa shape index (κ1) is 12.5. The van der Waals surface area contributed by atoms with E-state index in [-0.39, 0.29) is 0 Å². The third-order valence-electron chi connectivity index (χ3n) is 2.85. The summed E-state index contributed by atoms with van der Waals surface area (Å²) in [6.07, 6.45) is 0.515. The van der Waals surface area contributed by atoms with Gasteiger partial charge in [-0.1, -0.05) is 0 Å². The molecule has 0 bridgehead atoms. The average Bonchev–Trinajstić information content (AvgIpc) is 2.37. The number of nitriles is 1. The fourth-order valence-corrected chi connectivity index (χ4v) is 1.89. The fourth-order valence-electron chi connectivity index (χ4n) is 1.89. The number of nitrogens with zero attached hydrogens (tertiary/aromatic N) is 2. The minimum Gasteiger partial charge on any atom is -0.486 e. The van der Waals surface area contributed by atoms with Crippen molar-refractivity contribution in [2.24, 2.45) is 0 Å². The van der Waals surface area contributed by atoms with E-state index in [9.17, 15) is 0 Å². The number of nitrogens with two attached hydrogens (primary N) is 1. The molecule has 96 valence electrons. The van der Waals surface area contributed by atoms with E-state index in [1.54, 1.807) is 0 Å². The molecule has 5 nitrogen and oxygen atoms in total. The monoisotopic (exact) mass is 247 g/mol. The molecule has 0 saturated carbocycles. The first-order valence-electron chi connectivity index (χ1n) is 5.94. The van der Waals surface area contributed by atoms with Crippen LogP contribution in [0.2, 0.25) is 0 Å². The molecule has 1 aliphatic heterocycles.